The molecule has 9 nitrogen and oxygen atoms in total. The van der Waals surface area contributed by atoms with E-state index < -0.39 is 12.0 Å². The molecule has 0 saturated heterocycles. The Kier molecular flexibility index (Phi) is 8.83. The summed E-state index contributed by atoms with van der Waals surface area (Å²) in [6, 6.07) is 22.4. The topological polar surface area (TPSA) is 108 Å². The van der Waals surface area contributed by atoms with Crippen molar-refractivity contribution in [2.75, 3.05) is 13.7 Å². The number of fused-ring (bicyclic) bond motifs is 2. The maximum atomic E-state index is 14.3. The van der Waals surface area contributed by atoms with Crippen molar-refractivity contribution >= 4 is 34.3 Å². The monoisotopic (exact) mass is 646 g/mol. The molecule has 5 aromatic rings. The second-order valence-electron chi connectivity index (χ2n) is 11.4. The van der Waals surface area contributed by atoms with Crippen molar-refractivity contribution in [1.29, 1.82) is 5.26 Å². The first kappa shape index (κ1) is 31.6. The maximum absolute atomic E-state index is 14.3. The van der Waals surface area contributed by atoms with Crippen LogP contribution >= 0.6 is 11.3 Å². The second-order valence-corrected chi connectivity index (χ2v) is 12.4. The standard InChI is InChI=1S/C37H34N4O5S/c1-6-45-36(43)33-23(4)39-37-41(34(33)26-15-16-30(46-22(2)3)31(17-26)44-5)35(42)32(47-37)18-27-21-40(29-10-8-7-9-28(27)29)20-25-13-11-24(19-38)12-14-25/h7-18,21-22,34H,6,20H2,1-5H3/b32-18+/t34-/m0/s1. The zero-order valence-electron chi connectivity index (χ0n) is 26.8. The Bertz CT molecular complexity index is 2250. The first-order valence-electron chi connectivity index (χ1n) is 15.3. The number of nitrogens with zero attached hydrogens (tertiary/aromatic N) is 4. The third-order valence-corrected chi connectivity index (χ3v) is 8.91. The first-order chi connectivity index (χ1) is 22.7. The van der Waals surface area contributed by atoms with Crippen LogP contribution in [-0.2, 0) is 16.1 Å². The summed E-state index contributed by atoms with van der Waals surface area (Å²) in [5.74, 6) is 0.529. The summed E-state index contributed by atoms with van der Waals surface area (Å²) in [4.78, 5) is 32.9. The zero-order chi connectivity index (χ0) is 33.2. The highest BCUT2D eigenvalue weighted by Gasteiger charge is 2.34. The number of thiazole rings is 1. The van der Waals surface area contributed by atoms with Gasteiger partial charge in [0.2, 0.25) is 0 Å². The fraction of sp³-hybridized carbons (Fsp3) is 0.243. The minimum Gasteiger partial charge on any atom is -0.493 e. The molecule has 0 unspecified atom stereocenters. The lowest BCUT2D eigenvalue weighted by Gasteiger charge is -2.25. The Morgan fingerprint density at radius 3 is 2.57 bits per heavy atom. The number of carbonyl (C=O) groups excluding carboxylic acids is 1. The number of esters is 1. The number of allylic oxidation sites excluding steroid dienone is 1. The maximum Gasteiger partial charge on any atom is 0.338 e. The van der Waals surface area contributed by atoms with Crippen LogP contribution in [0.4, 0.5) is 0 Å². The predicted octanol–water partition coefficient (Wildman–Crippen LogP) is 5.47. The Balaban J connectivity index is 1.50. The molecule has 1 aliphatic heterocycles. The molecule has 0 spiro atoms. The van der Waals surface area contributed by atoms with Gasteiger partial charge in [-0.3, -0.25) is 9.36 Å². The predicted molar refractivity (Wildman–Crippen MR) is 181 cm³/mol. The number of hydrogen-bond acceptors (Lipinski definition) is 8. The van der Waals surface area contributed by atoms with Gasteiger partial charge < -0.3 is 18.8 Å². The Hall–Kier alpha value is -5.40. The van der Waals surface area contributed by atoms with Gasteiger partial charge in [0.25, 0.3) is 5.56 Å². The Morgan fingerprint density at radius 1 is 1.11 bits per heavy atom. The van der Waals surface area contributed by atoms with Gasteiger partial charge in [-0.1, -0.05) is 47.7 Å². The molecule has 0 N–H and O–H groups in total. The number of methoxy groups -OCH3 is 1. The average Bonchev–Trinajstić information content (AvgIpc) is 3.56. The van der Waals surface area contributed by atoms with E-state index in [2.05, 4.69) is 10.6 Å². The molecule has 3 heterocycles. The van der Waals surface area contributed by atoms with E-state index in [1.807, 2.05) is 80.7 Å². The summed E-state index contributed by atoms with van der Waals surface area (Å²) in [6.07, 6.45) is 3.86. The lowest BCUT2D eigenvalue weighted by atomic mass is 9.95. The summed E-state index contributed by atoms with van der Waals surface area (Å²) in [7, 11) is 1.56. The van der Waals surface area contributed by atoms with Crippen LogP contribution in [0.2, 0.25) is 0 Å². The second kappa shape index (κ2) is 13.1. The first-order valence-corrected chi connectivity index (χ1v) is 16.1. The van der Waals surface area contributed by atoms with Crippen molar-refractivity contribution < 1.29 is 19.0 Å². The Morgan fingerprint density at radius 2 is 1.87 bits per heavy atom. The number of ether oxygens (including phenoxy) is 3. The summed E-state index contributed by atoms with van der Waals surface area (Å²) >= 11 is 1.28. The molecule has 6 rings (SSSR count). The molecular formula is C37H34N4O5S. The van der Waals surface area contributed by atoms with Gasteiger partial charge >= 0.3 is 5.97 Å². The van der Waals surface area contributed by atoms with Crippen LogP contribution in [-0.4, -0.2) is 34.9 Å². The van der Waals surface area contributed by atoms with Gasteiger partial charge in [0.1, 0.15) is 0 Å². The van der Waals surface area contributed by atoms with Gasteiger partial charge in [0.05, 0.1) is 53.3 Å². The van der Waals surface area contributed by atoms with Crippen LogP contribution in [0.25, 0.3) is 17.0 Å². The third kappa shape index (κ3) is 6.10. The van der Waals surface area contributed by atoms with Gasteiger partial charge in [0.15, 0.2) is 16.3 Å². The van der Waals surface area contributed by atoms with Gasteiger partial charge in [0, 0.05) is 29.2 Å². The average molecular weight is 647 g/mol. The number of aromatic nitrogens is 2. The van der Waals surface area contributed by atoms with Gasteiger partial charge in [-0.2, -0.15) is 5.26 Å². The fourth-order valence-electron chi connectivity index (χ4n) is 5.86. The van der Waals surface area contributed by atoms with E-state index in [4.69, 9.17) is 19.2 Å². The highest BCUT2D eigenvalue weighted by atomic mass is 32.1. The lowest BCUT2D eigenvalue weighted by molar-refractivity contribution is -0.139. The van der Waals surface area contributed by atoms with Crippen LogP contribution in [0.1, 0.15) is 56.0 Å². The minimum atomic E-state index is -0.785. The van der Waals surface area contributed by atoms with Crippen molar-refractivity contribution in [1.82, 2.24) is 9.13 Å². The van der Waals surface area contributed by atoms with Crippen molar-refractivity contribution in [2.45, 2.75) is 46.4 Å². The zero-order valence-corrected chi connectivity index (χ0v) is 27.6. The normalized spacial score (nSPS) is 14.6. The molecule has 1 atom stereocenters. The Labute approximate surface area is 275 Å². The van der Waals surface area contributed by atoms with Crippen LogP contribution in [0.5, 0.6) is 11.5 Å². The number of nitriles is 1. The van der Waals surface area contributed by atoms with Crippen molar-refractivity contribution in [3.8, 4) is 17.6 Å². The van der Waals surface area contributed by atoms with E-state index in [0.717, 1.165) is 22.0 Å². The number of carbonyl (C=O) groups is 1. The molecule has 2 aromatic heterocycles. The van der Waals surface area contributed by atoms with Crippen molar-refractivity contribution in [2.24, 2.45) is 4.99 Å². The molecule has 0 bridgehead atoms. The minimum absolute atomic E-state index is 0.0697. The van der Waals surface area contributed by atoms with Gasteiger partial charge in [-0.05, 0) is 75.2 Å². The fourth-order valence-corrected chi connectivity index (χ4v) is 6.89. The number of hydrogen-bond donors (Lipinski definition) is 0. The smallest absolute Gasteiger partial charge is 0.338 e. The van der Waals surface area contributed by atoms with Crippen LogP contribution in [0.15, 0.2) is 94.0 Å². The van der Waals surface area contributed by atoms with E-state index >= 15 is 0 Å². The van der Waals surface area contributed by atoms with Crippen molar-refractivity contribution in [3.63, 3.8) is 0 Å². The molecule has 47 heavy (non-hydrogen) atoms. The SMILES string of the molecule is CCOC(=O)C1=C(C)N=c2s/c(=C/c3cn(Cc4ccc(C#N)cc4)c4ccccc34)c(=O)n2[C@H]1c1ccc(OC(C)C)c(OC)c1. The molecule has 1 aliphatic rings. The van der Waals surface area contributed by atoms with Crippen LogP contribution in [0.3, 0.4) is 0 Å². The largest absolute Gasteiger partial charge is 0.493 e. The highest BCUT2D eigenvalue weighted by molar-refractivity contribution is 7.07. The highest BCUT2D eigenvalue weighted by Crippen LogP contribution is 2.36. The summed E-state index contributed by atoms with van der Waals surface area (Å²) in [5, 5.41) is 10.2. The van der Waals surface area contributed by atoms with Crippen LogP contribution < -0.4 is 24.4 Å². The van der Waals surface area contributed by atoms with E-state index in [-0.39, 0.29) is 18.3 Å². The van der Waals surface area contributed by atoms with Crippen LogP contribution in [0, 0.1) is 11.3 Å². The summed E-state index contributed by atoms with van der Waals surface area (Å²) in [5.41, 5.74) is 4.75. The van der Waals surface area contributed by atoms with E-state index in [1.54, 1.807) is 37.7 Å². The van der Waals surface area contributed by atoms with E-state index in [0.29, 0.717) is 49.8 Å². The quantitative estimate of drug-likeness (QED) is 0.197. The molecule has 0 amide bonds. The summed E-state index contributed by atoms with van der Waals surface area (Å²) < 4.78 is 21.2. The van der Waals surface area contributed by atoms with E-state index in [9.17, 15) is 14.9 Å². The molecule has 0 fully saturated rings. The molecule has 10 heteroatoms. The number of para-hydroxylation sites is 1. The van der Waals surface area contributed by atoms with Crippen molar-refractivity contribution in [3.05, 3.63) is 126 Å². The van der Waals surface area contributed by atoms with Gasteiger partial charge in [-0.25, -0.2) is 9.79 Å². The molecule has 0 aliphatic carbocycles. The number of rotatable bonds is 9. The summed E-state index contributed by atoms with van der Waals surface area (Å²) in [6.45, 7) is 8.16. The molecule has 238 valence electrons. The number of benzene rings is 3. The lowest BCUT2D eigenvalue weighted by Crippen LogP contribution is -2.40. The molecule has 3 aromatic carbocycles. The molecular weight excluding hydrogens is 612 g/mol. The molecule has 0 radical (unpaired) electrons. The molecule has 0 saturated carbocycles. The third-order valence-electron chi connectivity index (χ3n) is 7.93. The van der Waals surface area contributed by atoms with E-state index in [1.165, 1.54) is 11.3 Å². The van der Waals surface area contributed by atoms with Gasteiger partial charge in [-0.15, -0.1) is 0 Å².